The lowest BCUT2D eigenvalue weighted by molar-refractivity contribution is 0.605. The highest BCUT2D eigenvalue weighted by Crippen LogP contribution is 2.23. The zero-order valence-electron chi connectivity index (χ0n) is 9.62. The van der Waals surface area contributed by atoms with Crippen LogP contribution in [0.3, 0.4) is 0 Å². The van der Waals surface area contributed by atoms with Crippen molar-refractivity contribution in [1.82, 2.24) is 4.98 Å². The maximum atomic E-state index is 12.1. The van der Waals surface area contributed by atoms with Gasteiger partial charge in [-0.05, 0) is 30.3 Å². The summed E-state index contributed by atoms with van der Waals surface area (Å²) in [7, 11) is -3.62. The lowest BCUT2D eigenvalue weighted by Crippen LogP contribution is -1.97. The summed E-state index contributed by atoms with van der Waals surface area (Å²) in [4.78, 5) is 4.04. The molecule has 1 heterocycles. The monoisotopic (exact) mass is 313 g/mol. The molecule has 0 saturated heterocycles. The highest BCUT2D eigenvalue weighted by molar-refractivity contribution is 7.94. The number of aromatic nitrogens is 1. The molecule has 0 amide bonds. The van der Waals surface area contributed by atoms with E-state index in [0.717, 1.165) is 5.41 Å². The number of benzene rings is 1. The van der Waals surface area contributed by atoms with Gasteiger partial charge in [-0.15, -0.1) is 0 Å². The predicted octanol–water partition coefficient (Wildman–Crippen LogP) is 3.83. The normalized spacial score (nSPS) is 11.9. The van der Waals surface area contributed by atoms with Crippen molar-refractivity contribution >= 4 is 39.1 Å². The van der Waals surface area contributed by atoms with Gasteiger partial charge in [0.15, 0.2) is 0 Å². The Balaban J connectivity index is 2.38. The maximum Gasteiger partial charge on any atom is 0.201 e. The molecule has 0 saturated carbocycles. The molecule has 0 N–H and O–H groups in total. The number of pyridine rings is 1. The van der Waals surface area contributed by atoms with Crippen LogP contribution in [0, 0.1) is 0 Å². The second-order valence-electron chi connectivity index (χ2n) is 3.65. The smallest absolute Gasteiger partial charge is 0.201 e. The van der Waals surface area contributed by atoms with Gasteiger partial charge in [0.05, 0.1) is 20.6 Å². The van der Waals surface area contributed by atoms with Crippen LogP contribution < -0.4 is 0 Å². The number of hydrogen-bond donors (Lipinski definition) is 0. The fourth-order valence-corrected chi connectivity index (χ4v) is 3.13. The molecular weight excluding hydrogens is 305 g/mol. The van der Waals surface area contributed by atoms with Crippen LogP contribution in [0.15, 0.2) is 52.9 Å². The molecule has 2 aromatic rings. The minimum atomic E-state index is -3.62. The van der Waals surface area contributed by atoms with Gasteiger partial charge in [-0.1, -0.05) is 35.3 Å². The van der Waals surface area contributed by atoms with Crippen molar-refractivity contribution in [3.8, 4) is 0 Å². The van der Waals surface area contributed by atoms with Crippen LogP contribution in [0.4, 0.5) is 0 Å². The van der Waals surface area contributed by atoms with Crippen LogP contribution in [-0.2, 0) is 9.84 Å². The third-order valence-electron chi connectivity index (χ3n) is 2.34. The summed E-state index contributed by atoms with van der Waals surface area (Å²) >= 11 is 11.8. The van der Waals surface area contributed by atoms with Crippen molar-refractivity contribution in [2.45, 2.75) is 4.90 Å². The highest BCUT2D eigenvalue weighted by atomic mass is 35.5. The average Bonchev–Trinajstić information content (AvgIpc) is 2.38. The van der Waals surface area contributed by atoms with E-state index in [4.69, 9.17) is 23.2 Å². The molecule has 3 nitrogen and oxygen atoms in total. The SMILES string of the molecule is O=S(=O)(/C=C\c1ncccc1Cl)c1ccccc1Cl. The third kappa shape index (κ3) is 3.35. The summed E-state index contributed by atoms with van der Waals surface area (Å²) < 4.78 is 24.2. The van der Waals surface area contributed by atoms with Crippen molar-refractivity contribution < 1.29 is 8.42 Å². The summed E-state index contributed by atoms with van der Waals surface area (Å²) in [6, 6.07) is 9.55. The molecule has 0 radical (unpaired) electrons. The van der Waals surface area contributed by atoms with Crippen molar-refractivity contribution in [3.63, 3.8) is 0 Å². The lowest BCUT2D eigenvalue weighted by atomic mass is 10.3. The Labute approximate surface area is 121 Å². The zero-order chi connectivity index (χ0) is 13.9. The van der Waals surface area contributed by atoms with E-state index in [1.807, 2.05) is 0 Å². The first kappa shape index (κ1) is 14.1. The van der Waals surface area contributed by atoms with Crippen molar-refractivity contribution in [2.24, 2.45) is 0 Å². The summed E-state index contributed by atoms with van der Waals surface area (Å²) in [6.45, 7) is 0. The van der Waals surface area contributed by atoms with Crippen molar-refractivity contribution in [3.05, 3.63) is 63.7 Å². The molecule has 0 aliphatic heterocycles. The van der Waals surface area contributed by atoms with E-state index in [9.17, 15) is 8.42 Å². The Bertz CT molecular complexity index is 727. The van der Waals surface area contributed by atoms with Crippen LogP contribution in [0.5, 0.6) is 0 Å². The standard InChI is InChI=1S/C13H9Cl2NO2S/c14-10-5-3-8-16-12(10)7-9-19(17,18)13-6-2-1-4-11(13)15/h1-9H/b9-7-. The minimum Gasteiger partial charge on any atom is -0.255 e. The first-order valence-corrected chi connectivity index (χ1v) is 7.59. The average molecular weight is 314 g/mol. The van der Waals surface area contributed by atoms with Crippen LogP contribution >= 0.6 is 23.2 Å². The molecule has 19 heavy (non-hydrogen) atoms. The summed E-state index contributed by atoms with van der Waals surface area (Å²) in [5, 5.41) is 1.61. The van der Waals surface area contributed by atoms with Gasteiger partial charge in [-0.2, -0.15) is 0 Å². The molecule has 1 aromatic carbocycles. The molecule has 0 atom stereocenters. The zero-order valence-corrected chi connectivity index (χ0v) is 12.0. The molecular formula is C13H9Cl2NO2S. The number of hydrogen-bond acceptors (Lipinski definition) is 3. The van der Waals surface area contributed by atoms with Crippen molar-refractivity contribution in [2.75, 3.05) is 0 Å². The van der Waals surface area contributed by atoms with Gasteiger partial charge in [0.25, 0.3) is 0 Å². The summed E-state index contributed by atoms with van der Waals surface area (Å²) in [5.74, 6) is 0. The molecule has 0 aliphatic carbocycles. The number of sulfone groups is 1. The third-order valence-corrected chi connectivity index (χ3v) is 4.56. The van der Waals surface area contributed by atoms with Gasteiger partial charge in [-0.25, -0.2) is 8.42 Å². The van der Waals surface area contributed by atoms with E-state index >= 15 is 0 Å². The molecule has 0 aliphatic rings. The van der Waals surface area contributed by atoms with Crippen LogP contribution in [0.1, 0.15) is 5.69 Å². The molecule has 0 bridgehead atoms. The van der Waals surface area contributed by atoms with E-state index in [2.05, 4.69) is 4.98 Å². The van der Waals surface area contributed by atoms with Gasteiger partial charge >= 0.3 is 0 Å². The first-order chi connectivity index (χ1) is 9.00. The van der Waals surface area contributed by atoms with Crippen LogP contribution in [-0.4, -0.2) is 13.4 Å². The largest absolute Gasteiger partial charge is 0.255 e. The topological polar surface area (TPSA) is 47.0 Å². The summed E-state index contributed by atoms with van der Waals surface area (Å²) in [6.07, 6.45) is 2.88. The fraction of sp³-hybridized carbons (Fsp3) is 0. The quantitative estimate of drug-likeness (QED) is 0.865. The second-order valence-corrected chi connectivity index (χ2v) is 6.27. The minimum absolute atomic E-state index is 0.0555. The number of halogens is 2. The van der Waals surface area contributed by atoms with Crippen molar-refractivity contribution in [1.29, 1.82) is 0 Å². The van der Waals surface area contributed by atoms with Crippen LogP contribution in [0.2, 0.25) is 10.0 Å². The van der Waals surface area contributed by atoms with Crippen LogP contribution in [0.25, 0.3) is 6.08 Å². The molecule has 0 fully saturated rings. The Hall–Kier alpha value is -1.36. The van der Waals surface area contributed by atoms with E-state index in [-0.39, 0.29) is 9.92 Å². The number of nitrogens with zero attached hydrogens (tertiary/aromatic N) is 1. The van der Waals surface area contributed by atoms with Gasteiger partial charge in [0.1, 0.15) is 0 Å². The van der Waals surface area contributed by atoms with Gasteiger partial charge in [-0.3, -0.25) is 4.98 Å². The molecule has 1 aromatic heterocycles. The maximum absolute atomic E-state index is 12.1. The van der Waals surface area contributed by atoms with E-state index in [1.54, 1.807) is 24.3 Å². The molecule has 98 valence electrons. The van der Waals surface area contributed by atoms with E-state index in [1.165, 1.54) is 24.4 Å². The van der Waals surface area contributed by atoms with E-state index in [0.29, 0.717) is 10.7 Å². The molecule has 6 heteroatoms. The Kier molecular flexibility index (Phi) is 4.24. The first-order valence-electron chi connectivity index (χ1n) is 5.29. The second kappa shape index (κ2) is 5.74. The highest BCUT2D eigenvalue weighted by Gasteiger charge is 2.14. The van der Waals surface area contributed by atoms with Gasteiger partial charge in [0.2, 0.25) is 9.84 Å². The van der Waals surface area contributed by atoms with E-state index < -0.39 is 9.84 Å². The summed E-state index contributed by atoms with van der Waals surface area (Å²) in [5.41, 5.74) is 0.389. The molecule has 0 spiro atoms. The fourth-order valence-electron chi connectivity index (χ4n) is 1.42. The molecule has 2 rings (SSSR count). The lowest BCUT2D eigenvalue weighted by Gasteiger charge is -2.01. The Morgan fingerprint density at radius 3 is 2.37 bits per heavy atom. The molecule has 0 unspecified atom stereocenters. The predicted molar refractivity (Wildman–Crippen MR) is 76.9 cm³/mol. The number of rotatable bonds is 3. The Morgan fingerprint density at radius 2 is 1.68 bits per heavy atom. The Morgan fingerprint density at radius 1 is 1.00 bits per heavy atom. The van der Waals surface area contributed by atoms with Gasteiger partial charge < -0.3 is 0 Å². The van der Waals surface area contributed by atoms with Gasteiger partial charge in [0, 0.05) is 11.6 Å².